The van der Waals surface area contributed by atoms with Gasteiger partial charge in [-0.15, -0.1) is 0 Å². The minimum atomic E-state index is -0.205. The molecule has 1 aliphatic rings. The predicted octanol–water partition coefficient (Wildman–Crippen LogP) is 1.56. The number of anilines is 1. The molecule has 2 N–H and O–H groups in total. The zero-order chi connectivity index (χ0) is 22.1. The number of ether oxygens (including phenoxy) is 1. The summed E-state index contributed by atoms with van der Waals surface area (Å²) in [5.74, 6) is 1.32. The first-order chi connectivity index (χ1) is 15.6. The molecule has 1 aliphatic heterocycles. The quantitative estimate of drug-likeness (QED) is 0.469. The number of aromatic nitrogens is 7. The van der Waals surface area contributed by atoms with E-state index in [9.17, 15) is 4.79 Å². The van der Waals surface area contributed by atoms with Gasteiger partial charge in [0.2, 0.25) is 5.91 Å². The number of amides is 1. The van der Waals surface area contributed by atoms with Crippen molar-refractivity contribution in [2.75, 3.05) is 32.1 Å². The van der Waals surface area contributed by atoms with Crippen molar-refractivity contribution in [1.82, 2.24) is 39.8 Å². The van der Waals surface area contributed by atoms with Crippen molar-refractivity contribution in [3.63, 3.8) is 0 Å². The van der Waals surface area contributed by atoms with Crippen LogP contribution in [0.25, 0.3) is 22.4 Å². The molecule has 0 aromatic carbocycles. The molecule has 0 bridgehead atoms. The Labute approximate surface area is 183 Å². The first-order valence-electron chi connectivity index (χ1n) is 10.3. The van der Waals surface area contributed by atoms with E-state index in [1.165, 1.54) is 6.33 Å². The molecule has 1 fully saturated rings. The summed E-state index contributed by atoms with van der Waals surface area (Å²) in [5.41, 5.74) is 3.06. The largest absolute Gasteiger partial charge is 0.380 e. The van der Waals surface area contributed by atoms with Gasteiger partial charge in [-0.05, 0) is 12.1 Å². The third-order valence-electron chi connectivity index (χ3n) is 5.74. The van der Waals surface area contributed by atoms with Crippen molar-refractivity contribution < 1.29 is 9.53 Å². The fourth-order valence-corrected chi connectivity index (χ4v) is 4.09. The van der Waals surface area contributed by atoms with E-state index in [-0.39, 0.29) is 24.6 Å². The average Bonchev–Trinajstić information content (AvgIpc) is 3.58. The lowest BCUT2D eigenvalue weighted by Gasteiger charge is -2.26. The number of carbonyl (C=O) groups is 1. The number of H-pyrrole nitrogens is 2. The number of fused-ring (bicyclic) bond motifs is 1. The Morgan fingerprint density at radius 1 is 1.28 bits per heavy atom. The third-order valence-corrected chi connectivity index (χ3v) is 5.74. The van der Waals surface area contributed by atoms with Crippen molar-refractivity contribution in [2.45, 2.75) is 18.6 Å². The lowest BCUT2D eigenvalue weighted by Crippen LogP contribution is -2.40. The smallest absolute Gasteiger partial charge is 0.242 e. The second kappa shape index (κ2) is 8.35. The van der Waals surface area contributed by atoms with E-state index in [0.717, 1.165) is 17.1 Å². The van der Waals surface area contributed by atoms with Gasteiger partial charge in [-0.2, -0.15) is 0 Å². The van der Waals surface area contributed by atoms with Crippen molar-refractivity contribution in [3.05, 3.63) is 49.2 Å². The van der Waals surface area contributed by atoms with E-state index in [1.54, 1.807) is 36.9 Å². The Bertz CT molecular complexity index is 1220. The van der Waals surface area contributed by atoms with Crippen LogP contribution in [-0.4, -0.2) is 79.0 Å². The van der Waals surface area contributed by atoms with E-state index in [1.807, 2.05) is 24.1 Å². The normalized spacial score (nSPS) is 18.4. The summed E-state index contributed by atoms with van der Waals surface area (Å²) in [6.07, 6.45) is 8.91. The van der Waals surface area contributed by atoms with Gasteiger partial charge in [0.15, 0.2) is 11.5 Å². The number of nitrogens with one attached hydrogen (secondary N) is 2. The van der Waals surface area contributed by atoms with E-state index >= 15 is 0 Å². The standard InChI is InChI=1S/C21H23N9O2/c1-29(21-18-20(25-11-24-18)26-12-27-21)10-17(31)30-9-14(32-2)6-16(30)19-23-8-15(28-19)13-4-3-5-22-7-13/h3-5,7-8,11-12,14,16H,6,9-10H2,1-2H3,(H,23,28)(H,24,25,26,27). The molecule has 4 aromatic heterocycles. The van der Waals surface area contributed by atoms with Crippen LogP contribution in [0.3, 0.4) is 0 Å². The van der Waals surface area contributed by atoms with Gasteiger partial charge in [0, 0.05) is 45.1 Å². The van der Waals surface area contributed by atoms with Crippen molar-refractivity contribution >= 4 is 22.9 Å². The van der Waals surface area contributed by atoms with Crippen LogP contribution >= 0.6 is 0 Å². The Hall–Kier alpha value is -3.86. The number of hydrogen-bond acceptors (Lipinski definition) is 8. The molecule has 2 atom stereocenters. The maximum absolute atomic E-state index is 13.3. The number of carbonyl (C=O) groups excluding carboxylic acids is 1. The number of imidazole rings is 2. The minimum absolute atomic E-state index is 0.0392. The highest BCUT2D eigenvalue weighted by Crippen LogP contribution is 2.33. The van der Waals surface area contributed by atoms with E-state index in [2.05, 4.69) is 34.9 Å². The van der Waals surface area contributed by atoms with Crippen molar-refractivity contribution in [3.8, 4) is 11.3 Å². The number of likely N-dealkylation sites (tertiary alicyclic amines) is 1. The van der Waals surface area contributed by atoms with Crippen LogP contribution in [0.4, 0.5) is 5.82 Å². The Kier molecular flexibility index (Phi) is 5.23. The monoisotopic (exact) mass is 433 g/mol. The summed E-state index contributed by atoms with van der Waals surface area (Å²) in [4.78, 5) is 44.7. The Morgan fingerprint density at radius 3 is 3.00 bits per heavy atom. The fraction of sp³-hybridized carbons (Fsp3) is 0.333. The highest BCUT2D eigenvalue weighted by molar-refractivity contribution is 5.87. The molecule has 5 heterocycles. The SMILES string of the molecule is COC1CC(c2ncc(-c3cccnc3)[nH]2)N(C(=O)CN(C)c2ncnc3nc[nH]c23)C1. The van der Waals surface area contributed by atoms with Gasteiger partial charge >= 0.3 is 0 Å². The van der Waals surface area contributed by atoms with Gasteiger partial charge in [-0.1, -0.05) is 0 Å². The highest BCUT2D eigenvalue weighted by Gasteiger charge is 2.38. The maximum atomic E-state index is 13.3. The number of aromatic amines is 2. The van der Waals surface area contributed by atoms with Gasteiger partial charge < -0.3 is 24.5 Å². The van der Waals surface area contributed by atoms with Gasteiger partial charge in [0.05, 0.1) is 36.9 Å². The van der Waals surface area contributed by atoms with Crippen molar-refractivity contribution in [2.24, 2.45) is 0 Å². The maximum Gasteiger partial charge on any atom is 0.242 e. The zero-order valence-corrected chi connectivity index (χ0v) is 17.8. The van der Waals surface area contributed by atoms with Crippen molar-refractivity contribution in [1.29, 1.82) is 0 Å². The molecule has 11 nitrogen and oxygen atoms in total. The molecule has 2 unspecified atom stereocenters. The lowest BCUT2D eigenvalue weighted by atomic mass is 10.2. The average molecular weight is 433 g/mol. The molecule has 1 amide bonds. The summed E-state index contributed by atoms with van der Waals surface area (Å²) < 4.78 is 5.58. The van der Waals surface area contributed by atoms with Gasteiger partial charge in [-0.25, -0.2) is 19.9 Å². The summed E-state index contributed by atoms with van der Waals surface area (Å²) in [6.45, 7) is 0.647. The van der Waals surface area contributed by atoms with Gasteiger partial charge in [0.25, 0.3) is 0 Å². The van der Waals surface area contributed by atoms with Gasteiger partial charge in [0.1, 0.15) is 17.7 Å². The fourth-order valence-electron chi connectivity index (χ4n) is 4.09. The summed E-state index contributed by atoms with van der Waals surface area (Å²) in [5, 5.41) is 0. The first-order valence-corrected chi connectivity index (χ1v) is 10.3. The zero-order valence-electron chi connectivity index (χ0n) is 17.8. The van der Waals surface area contributed by atoms with Crippen LogP contribution in [0, 0.1) is 0 Å². The molecule has 164 valence electrons. The van der Waals surface area contributed by atoms with Crippen LogP contribution in [0.1, 0.15) is 18.3 Å². The van der Waals surface area contributed by atoms with Crippen LogP contribution in [0.5, 0.6) is 0 Å². The molecule has 11 heteroatoms. The number of likely N-dealkylation sites (N-methyl/N-ethyl adjacent to an activating group) is 1. The number of rotatable bonds is 6. The summed E-state index contributed by atoms with van der Waals surface area (Å²) in [7, 11) is 3.49. The van der Waals surface area contributed by atoms with Crippen LogP contribution in [-0.2, 0) is 9.53 Å². The molecule has 0 saturated carbocycles. The third kappa shape index (κ3) is 3.66. The summed E-state index contributed by atoms with van der Waals surface area (Å²) in [6, 6.07) is 3.64. The summed E-state index contributed by atoms with van der Waals surface area (Å²) >= 11 is 0. The molecule has 0 aliphatic carbocycles. The molecule has 0 radical (unpaired) electrons. The van der Waals surface area contributed by atoms with Crippen LogP contribution in [0.2, 0.25) is 0 Å². The second-order valence-electron chi connectivity index (χ2n) is 7.73. The van der Waals surface area contributed by atoms with E-state index < -0.39 is 0 Å². The molecule has 0 spiro atoms. The number of pyridine rings is 1. The number of hydrogen-bond donors (Lipinski definition) is 2. The molecular weight excluding hydrogens is 410 g/mol. The number of nitrogens with zero attached hydrogens (tertiary/aromatic N) is 7. The highest BCUT2D eigenvalue weighted by atomic mass is 16.5. The molecule has 1 saturated heterocycles. The predicted molar refractivity (Wildman–Crippen MR) is 117 cm³/mol. The minimum Gasteiger partial charge on any atom is -0.380 e. The van der Waals surface area contributed by atoms with Crippen LogP contribution in [0.15, 0.2) is 43.4 Å². The Balaban J connectivity index is 1.37. The lowest BCUT2D eigenvalue weighted by molar-refractivity contribution is -0.131. The van der Waals surface area contributed by atoms with Gasteiger partial charge in [-0.3, -0.25) is 9.78 Å². The van der Waals surface area contributed by atoms with E-state index in [4.69, 9.17) is 4.74 Å². The first kappa shape index (κ1) is 20.1. The topological polar surface area (TPSA) is 129 Å². The van der Waals surface area contributed by atoms with E-state index in [0.29, 0.717) is 29.9 Å². The molecule has 32 heavy (non-hydrogen) atoms. The molecule has 4 aromatic rings. The number of methoxy groups -OCH3 is 1. The molecule has 5 rings (SSSR count). The molecular formula is C21H23N9O2. The van der Waals surface area contributed by atoms with Crippen LogP contribution < -0.4 is 4.90 Å². The second-order valence-corrected chi connectivity index (χ2v) is 7.73. The Morgan fingerprint density at radius 2 is 2.19 bits per heavy atom.